The van der Waals surface area contributed by atoms with Crippen LogP contribution in [0.25, 0.3) is 0 Å². The van der Waals surface area contributed by atoms with Crippen molar-refractivity contribution in [1.29, 1.82) is 0 Å². The molecule has 0 heterocycles. The Morgan fingerprint density at radius 1 is 1.25 bits per heavy atom. The fraction of sp³-hybridized carbons (Fsp3) is 0.333. The summed E-state index contributed by atoms with van der Waals surface area (Å²) < 4.78 is 13.5. The van der Waals surface area contributed by atoms with Crippen LogP contribution in [0, 0.1) is 0 Å². The Labute approximate surface area is 96.5 Å². The second-order valence-electron chi connectivity index (χ2n) is 4.42. The van der Waals surface area contributed by atoms with Crippen LogP contribution < -0.4 is 0 Å². The van der Waals surface area contributed by atoms with Crippen LogP contribution in [0.1, 0.15) is 31.7 Å². The minimum absolute atomic E-state index is 0.0141. The van der Waals surface area contributed by atoms with Crippen molar-refractivity contribution in [3.8, 4) is 0 Å². The average Bonchev–Trinajstić information content (AvgIpc) is 2.31. The normalized spacial score (nSPS) is 24.2. The lowest BCUT2D eigenvalue weighted by Crippen LogP contribution is -2.25. The van der Waals surface area contributed by atoms with Crippen LogP contribution in [0.4, 0.5) is 4.39 Å². The first kappa shape index (κ1) is 11.1. The summed E-state index contributed by atoms with van der Waals surface area (Å²) in [6, 6.07) is 10.2. The molecular formula is C15H17F. The minimum atomic E-state index is -0.130. The van der Waals surface area contributed by atoms with E-state index in [1.165, 1.54) is 5.56 Å². The molecule has 0 N–H and O–H groups in total. The third-order valence-electron chi connectivity index (χ3n) is 3.22. The molecule has 1 heteroatoms. The summed E-state index contributed by atoms with van der Waals surface area (Å²) in [6.45, 7) is 2.15. The molecule has 1 unspecified atom stereocenters. The van der Waals surface area contributed by atoms with Crippen molar-refractivity contribution >= 4 is 0 Å². The number of hydrogen-bond donors (Lipinski definition) is 0. The van der Waals surface area contributed by atoms with E-state index in [-0.39, 0.29) is 11.2 Å². The largest absolute Gasteiger partial charge is 0.212 e. The Hall–Kier alpha value is -1.37. The fourth-order valence-electron chi connectivity index (χ4n) is 2.49. The molecular weight excluding hydrogens is 199 g/mol. The first-order chi connectivity index (χ1) is 7.77. The van der Waals surface area contributed by atoms with Gasteiger partial charge in [-0.3, -0.25) is 0 Å². The highest BCUT2D eigenvalue weighted by atomic mass is 19.1. The second kappa shape index (κ2) is 4.65. The summed E-state index contributed by atoms with van der Waals surface area (Å²) >= 11 is 0. The Morgan fingerprint density at radius 3 is 2.62 bits per heavy atom. The van der Waals surface area contributed by atoms with Gasteiger partial charge in [0, 0.05) is 11.8 Å². The SMILES string of the molecule is CCCC1(c2ccccc2)C=CC=C(F)C1. The Balaban J connectivity index is 2.38. The van der Waals surface area contributed by atoms with Gasteiger partial charge in [-0.2, -0.15) is 0 Å². The summed E-state index contributed by atoms with van der Waals surface area (Å²) in [6.07, 6.45) is 8.12. The highest BCUT2D eigenvalue weighted by molar-refractivity contribution is 5.36. The van der Waals surface area contributed by atoms with Crippen molar-refractivity contribution in [1.82, 2.24) is 0 Å². The van der Waals surface area contributed by atoms with Crippen LogP contribution in [0.15, 0.2) is 54.4 Å². The number of allylic oxidation sites excluding steroid dienone is 4. The molecule has 0 nitrogen and oxygen atoms in total. The van der Waals surface area contributed by atoms with E-state index in [2.05, 4.69) is 25.1 Å². The maximum absolute atomic E-state index is 13.5. The molecule has 84 valence electrons. The molecule has 0 saturated heterocycles. The maximum atomic E-state index is 13.5. The van der Waals surface area contributed by atoms with Gasteiger partial charge in [-0.25, -0.2) is 4.39 Å². The summed E-state index contributed by atoms with van der Waals surface area (Å²) in [5.74, 6) is -0.0141. The Morgan fingerprint density at radius 2 is 2.00 bits per heavy atom. The van der Waals surface area contributed by atoms with Gasteiger partial charge in [0.2, 0.25) is 0 Å². The lowest BCUT2D eigenvalue weighted by molar-refractivity contribution is 0.423. The molecule has 0 radical (unpaired) electrons. The maximum Gasteiger partial charge on any atom is 0.101 e. The van der Waals surface area contributed by atoms with E-state index >= 15 is 0 Å². The zero-order chi connectivity index (χ0) is 11.4. The van der Waals surface area contributed by atoms with Gasteiger partial charge in [-0.15, -0.1) is 0 Å². The van der Waals surface area contributed by atoms with Crippen LogP contribution in [-0.4, -0.2) is 0 Å². The molecule has 1 aromatic carbocycles. The smallest absolute Gasteiger partial charge is 0.101 e. The molecule has 0 amide bonds. The van der Waals surface area contributed by atoms with Crippen molar-refractivity contribution in [3.05, 3.63) is 60.0 Å². The molecule has 0 aromatic heterocycles. The second-order valence-corrected chi connectivity index (χ2v) is 4.42. The van der Waals surface area contributed by atoms with Crippen LogP contribution >= 0.6 is 0 Å². The summed E-state index contributed by atoms with van der Waals surface area (Å²) in [4.78, 5) is 0. The van der Waals surface area contributed by atoms with E-state index in [0.29, 0.717) is 6.42 Å². The number of benzene rings is 1. The average molecular weight is 216 g/mol. The number of rotatable bonds is 3. The molecule has 1 atom stereocenters. The predicted molar refractivity (Wildman–Crippen MR) is 66.0 cm³/mol. The van der Waals surface area contributed by atoms with E-state index < -0.39 is 0 Å². The van der Waals surface area contributed by atoms with Crippen molar-refractivity contribution in [2.45, 2.75) is 31.6 Å². The molecule has 1 aromatic rings. The third kappa shape index (κ3) is 2.08. The number of halogens is 1. The molecule has 0 fully saturated rings. The van der Waals surface area contributed by atoms with E-state index in [4.69, 9.17) is 0 Å². The highest BCUT2D eigenvalue weighted by Crippen LogP contribution is 2.39. The Kier molecular flexibility index (Phi) is 3.23. The first-order valence-electron chi connectivity index (χ1n) is 5.86. The molecule has 1 aliphatic rings. The topological polar surface area (TPSA) is 0 Å². The van der Waals surface area contributed by atoms with Crippen molar-refractivity contribution in [2.24, 2.45) is 0 Å². The molecule has 0 saturated carbocycles. The van der Waals surface area contributed by atoms with E-state index in [1.807, 2.05) is 24.3 Å². The van der Waals surface area contributed by atoms with E-state index in [9.17, 15) is 4.39 Å². The van der Waals surface area contributed by atoms with Crippen molar-refractivity contribution < 1.29 is 4.39 Å². The number of hydrogen-bond acceptors (Lipinski definition) is 0. The summed E-state index contributed by atoms with van der Waals surface area (Å²) in [5, 5.41) is 0. The molecule has 1 aliphatic carbocycles. The van der Waals surface area contributed by atoms with Gasteiger partial charge in [0.05, 0.1) is 0 Å². The molecule has 16 heavy (non-hydrogen) atoms. The highest BCUT2D eigenvalue weighted by Gasteiger charge is 2.31. The van der Waals surface area contributed by atoms with E-state index in [0.717, 1.165) is 12.8 Å². The first-order valence-corrected chi connectivity index (χ1v) is 5.86. The third-order valence-corrected chi connectivity index (χ3v) is 3.22. The van der Waals surface area contributed by atoms with Gasteiger partial charge in [-0.1, -0.05) is 55.8 Å². The van der Waals surface area contributed by atoms with Crippen LogP contribution in [0.3, 0.4) is 0 Å². The van der Waals surface area contributed by atoms with Crippen molar-refractivity contribution in [2.75, 3.05) is 0 Å². The van der Waals surface area contributed by atoms with Gasteiger partial charge < -0.3 is 0 Å². The van der Waals surface area contributed by atoms with Gasteiger partial charge in [0.25, 0.3) is 0 Å². The molecule has 0 spiro atoms. The van der Waals surface area contributed by atoms with Crippen LogP contribution in [0.5, 0.6) is 0 Å². The predicted octanol–water partition coefficient (Wildman–Crippen LogP) is 4.54. The zero-order valence-corrected chi connectivity index (χ0v) is 9.62. The van der Waals surface area contributed by atoms with Crippen molar-refractivity contribution in [3.63, 3.8) is 0 Å². The lowest BCUT2D eigenvalue weighted by atomic mass is 9.72. The van der Waals surface area contributed by atoms with Crippen LogP contribution in [-0.2, 0) is 5.41 Å². The fourth-order valence-corrected chi connectivity index (χ4v) is 2.49. The Bertz CT molecular complexity index is 403. The van der Waals surface area contributed by atoms with Gasteiger partial charge in [0.15, 0.2) is 0 Å². The van der Waals surface area contributed by atoms with Gasteiger partial charge in [0.1, 0.15) is 5.83 Å². The molecule has 2 rings (SSSR count). The van der Waals surface area contributed by atoms with Gasteiger partial charge in [-0.05, 0) is 18.1 Å². The molecule has 0 aliphatic heterocycles. The lowest BCUT2D eigenvalue weighted by Gasteiger charge is -2.32. The molecule has 0 bridgehead atoms. The van der Waals surface area contributed by atoms with E-state index in [1.54, 1.807) is 6.08 Å². The summed E-state index contributed by atoms with van der Waals surface area (Å²) in [7, 11) is 0. The monoisotopic (exact) mass is 216 g/mol. The minimum Gasteiger partial charge on any atom is -0.212 e. The van der Waals surface area contributed by atoms with Gasteiger partial charge >= 0.3 is 0 Å². The zero-order valence-electron chi connectivity index (χ0n) is 9.62. The van der Waals surface area contributed by atoms with Crippen LogP contribution in [0.2, 0.25) is 0 Å². The quantitative estimate of drug-likeness (QED) is 0.696. The standard InChI is InChI=1S/C15H17F/c1-2-10-15(11-6-9-14(16)12-15)13-7-4-3-5-8-13/h3-9,11H,2,10,12H2,1H3. The summed E-state index contributed by atoms with van der Waals surface area (Å²) in [5.41, 5.74) is 1.09.